The number of hydrogen-bond acceptors (Lipinski definition) is 3. The van der Waals surface area contributed by atoms with Crippen LogP contribution in [0.2, 0.25) is 0 Å². The van der Waals surface area contributed by atoms with Gasteiger partial charge in [0, 0.05) is 17.3 Å². The van der Waals surface area contributed by atoms with Crippen LogP contribution in [0.25, 0.3) is 0 Å². The summed E-state index contributed by atoms with van der Waals surface area (Å²) in [7, 11) is 0. The second-order valence-electron chi connectivity index (χ2n) is 4.06. The standard InChI is InChI=1S/C12H20N2O2S/c1-3-10(8-15)14-12(16)13-7-9(2)11-5-4-6-17-11/h4-6,9-10,15H,3,7-8H2,1-2H3,(H2,13,14,16)/t9-,10+/m1/s1. The van der Waals surface area contributed by atoms with Crippen molar-refractivity contribution in [1.82, 2.24) is 10.6 Å². The fourth-order valence-corrected chi connectivity index (χ4v) is 2.22. The molecule has 0 fully saturated rings. The molecule has 0 aliphatic rings. The molecule has 0 aromatic carbocycles. The number of aliphatic hydroxyl groups excluding tert-OH is 1. The van der Waals surface area contributed by atoms with Crippen molar-refractivity contribution >= 4 is 17.4 Å². The molecule has 0 spiro atoms. The van der Waals surface area contributed by atoms with Crippen LogP contribution in [0, 0.1) is 0 Å². The number of carbonyl (C=O) groups is 1. The molecule has 0 unspecified atom stereocenters. The van der Waals surface area contributed by atoms with Gasteiger partial charge < -0.3 is 15.7 Å². The molecule has 0 radical (unpaired) electrons. The Morgan fingerprint density at radius 1 is 1.59 bits per heavy atom. The summed E-state index contributed by atoms with van der Waals surface area (Å²) in [5, 5.41) is 16.5. The van der Waals surface area contributed by atoms with Crippen LogP contribution in [0.15, 0.2) is 17.5 Å². The van der Waals surface area contributed by atoms with Crippen molar-refractivity contribution in [2.24, 2.45) is 0 Å². The molecule has 1 heterocycles. The monoisotopic (exact) mass is 256 g/mol. The Morgan fingerprint density at radius 3 is 2.88 bits per heavy atom. The highest BCUT2D eigenvalue weighted by molar-refractivity contribution is 7.10. The van der Waals surface area contributed by atoms with Gasteiger partial charge in [0.25, 0.3) is 0 Å². The third-order valence-electron chi connectivity index (χ3n) is 2.65. The summed E-state index contributed by atoms with van der Waals surface area (Å²) in [4.78, 5) is 12.8. The first kappa shape index (κ1) is 14.0. The van der Waals surface area contributed by atoms with Crippen molar-refractivity contribution in [2.75, 3.05) is 13.2 Å². The highest BCUT2D eigenvalue weighted by atomic mass is 32.1. The second-order valence-corrected chi connectivity index (χ2v) is 5.04. The molecule has 0 saturated heterocycles. The van der Waals surface area contributed by atoms with Gasteiger partial charge >= 0.3 is 6.03 Å². The molecule has 0 aliphatic carbocycles. The largest absolute Gasteiger partial charge is 0.394 e. The van der Waals surface area contributed by atoms with Gasteiger partial charge in [0.1, 0.15) is 0 Å². The number of carbonyl (C=O) groups excluding carboxylic acids is 1. The van der Waals surface area contributed by atoms with E-state index in [1.807, 2.05) is 18.4 Å². The van der Waals surface area contributed by atoms with Gasteiger partial charge in [-0.15, -0.1) is 11.3 Å². The smallest absolute Gasteiger partial charge is 0.315 e. The normalized spacial score (nSPS) is 14.1. The zero-order chi connectivity index (χ0) is 12.7. The lowest BCUT2D eigenvalue weighted by atomic mass is 10.1. The highest BCUT2D eigenvalue weighted by Gasteiger charge is 2.11. The van der Waals surface area contributed by atoms with Crippen molar-refractivity contribution in [3.63, 3.8) is 0 Å². The van der Waals surface area contributed by atoms with E-state index in [1.54, 1.807) is 11.3 Å². The van der Waals surface area contributed by atoms with E-state index >= 15 is 0 Å². The van der Waals surface area contributed by atoms with E-state index in [-0.39, 0.29) is 18.7 Å². The van der Waals surface area contributed by atoms with E-state index in [2.05, 4.69) is 23.6 Å². The maximum atomic E-state index is 11.5. The molecule has 0 bridgehead atoms. The minimum Gasteiger partial charge on any atom is -0.394 e. The van der Waals surface area contributed by atoms with Crippen LogP contribution in [-0.4, -0.2) is 30.3 Å². The van der Waals surface area contributed by atoms with Gasteiger partial charge in [-0.2, -0.15) is 0 Å². The molecule has 0 aliphatic heterocycles. The Morgan fingerprint density at radius 2 is 2.35 bits per heavy atom. The van der Waals surface area contributed by atoms with Crippen LogP contribution < -0.4 is 10.6 Å². The van der Waals surface area contributed by atoms with E-state index in [0.29, 0.717) is 12.5 Å². The Balaban J connectivity index is 2.28. The lowest BCUT2D eigenvalue weighted by Gasteiger charge is -2.16. The number of aliphatic hydroxyl groups is 1. The molecule has 1 rings (SSSR count). The van der Waals surface area contributed by atoms with Crippen molar-refractivity contribution in [1.29, 1.82) is 0 Å². The SMILES string of the molecule is CC[C@@H](CO)NC(=O)NC[C@@H](C)c1cccs1. The first-order chi connectivity index (χ1) is 8.17. The molecule has 5 heteroatoms. The summed E-state index contributed by atoms with van der Waals surface area (Å²) < 4.78 is 0. The Bertz CT molecular complexity index is 323. The predicted molar refractivity (Wildman–Crippen MR) is 70.4 cm³/mol. The van der Waals surface area contributed by atoms with E-state index in [1.165, 1.54) is 4.88 Å². The van der Waals surface area contributed by atoms with Crippen LogP contribution in [0.1, 0.15) is 31.1 Å². The second kappa shape index (κ2) is 7.29. The number of amides is 2. The molecule has 1 aromatic heterocycles. The molecular weight excluding hydrogens is 236 g/mol. The Hall–Kier alpha value is -1.07. The lowest BCUT2D eigenvalue weighted by molar-refractivity contribution is 0.214. The lowest BCUT2D eigenvalue weighted by Crippen LogP contribution is -2.44. The molecular formula is C12H20N2O2S. The molecule has 96 valence electrons. The third-order valence-corrected chi connectivity index (χ3v) is 3.75. The average Bonchev–Trinajstić information content (AvgIpc) is 2.86. The number of hydrogen-bond donors (Lipinski definition) is 3. The first-order valence-electron chi connectivity index (χ1n) is 5.86. The third kappa shape index (κ3) is 4.75. The summed E-state index contributed by atoms with van der Waals surface area (Å²) in [6, 6.07) is 3.70. The molecule has 0 saturated carbocycles. The Labute approximate surface area is 106 Å². The number of urea groups is 1. The van der Waals surface area contributed by atoms with Crippen molar-refractivity contribution in [3.8, 4) is 0 Å². The Kier molecular flexibility index (Phi) is 6.00. The van der Waals surface area contributed by atoms with Gasteiger partial charge in [-0.05, 0) is 17.9 Å². The van der Waals surface area contributed by atoms with Crippen LogP contribution in [-0.2, 0) is 0 Å². The summed E-state index contributed by atoms with van der Waals surface area (Å²) >= 11 is 1.69. The minimum absolute atomic E-state index is 0.0234. The molecule has 2 amide bonds. The van der Waals surface area contributed by atoms with E-state index < -0.39 is 0 Å². The summed E-state index contributed by atoms with van der Waals surface area (Å²) in [6.07, 6.45) is 0.727. The zero-order valence-corrected chi connectivity index (χ0v) is 11.1. The molecule has 1 aromatic rings. The molecule has 3 N–H and O–H groups in total. The number of thiophene rings is 1. The van der Waals surface area contributed by atoms with Crippen molar-refractivity contribution < 1.29 is 9.90 Å². The van der Waals surface area contributed by atoms with Crippen LogP contribution >= 0.6 is 11.3 Å². The summed E-state index contributed by atoms with van der Waals surface area (Å²) in [5.74, 6) is 0.315. The minimum atomic E-state index is -0.214. The van der Waals surface area contributed by atoms with Gasteiger partial charge in [-0.25, -0.2) is 4.79 Å². The number of nitrogens with one attached hydrogen (secondary N) is 2. The van der Waals surface area contributed by atoms with Gasteiger partial charge in [0.15, 0.2) is 0 Å². The summed E-state index contributed by atoms with van der Waals surface area (Å²) in [5.41, 5.74) is 0. The quantitative estimate of drug-likeness (QED) is 0.728. The fraction of sp³-hybridized carbons (Fsp3) is 0.583. The van der Waals surface area contributed by atoms with Gasteiger partial charge in [0.2, 0.25) is 0 Å². The zero-order valence-electron chi connectivity index (χ0n) is 10.3. The summed E-state index contributed by atoms with van der Waals surface area (Å²) in [6.45, 7) is 4.59. The number of rotatable bonds is 6. The van der Waals surface area contributed by atoms with Gasteiger partial charge in [-0.3, -0.25) is 0 Å². The van der Waals surface area contributed by atoms with E-state index in [9.17, 15) is 4.79 Å². The van der Waals surface area contributed by atoms with E-state index in [0.717, 1.165) is 6.42 Å². The van der Waals surface area contributed by atoms with Gasteiger partial charge in [0.05, 0.1) is 12.6 Å². The molecule has 2 atom stereocenters. The fourth-order valence-electron chi connectivity index (χ4n) is 1.43. The average molecular weight is 256 g/mol. The molecule has 17 heavy (non-hydrogen) atoms. The molecule has 4 nitrogen and oxygen atoms in total. The van der Waals surface area contributed by atoms with Crippen LogP contribution in [0.4, 0.5) is 4.79 Å². The maximum absolute atomic E-state index is 11.5. The van der Waals surface area contributed by atoms with Gasteiger partial charge in [-0.1, -0.05) is 19.9 Å². The topological polar surface area (TPSA) is 61.4 Å². The predicted octanol–water partition coefficient (Wildman–Crippen LogP) is 1.92. The van der Waals surface area contributed by atoms with Crippen LogP contribution in [0.3, 0.4) is 0 Å². The van der Waals surface area contributed by atoms with Crippen molar-refractivity contribution in [2.45, 2.75) is 32.2 Å². The first-order valence-corrected chi connectivity index (χ1v) is 6.74. The highest BCUT2D eigenvalue weighted by Crippen LogP contribution is 2.19. The van der Waals surface area contributed by atoms with Crippen LogP contribution in [0.5, 0.6) is 0 Å². The van der Waals surface area contributed by atoms with Crippen molar-refractivity contribution in [3.05, 3.63) is 22.4 Å². The maximum Gasteiger partial charge on any atom is 0.315 e. The van der Waals surface area contributed by atoms with E-state index in [4.69, 9.17) is 5.11 Å².